The van der Waals surface area contributed by atoms with Crippen LogP contribution in [0.4, 0.5) is 5.82 Å². The molecule has 0 saturated carbocycles. The van der Waals surface area contributed by atoms with Crippen LogP contribution >= 0.6 is 22.9 Å². The number of hydrazine groups is 1. The Morgan fingerprint density at radius 2 is 2.30 bits per heavy atom. The summed E-state index contributed by atoms with van der Waals surface area (Å²) in [5, 5.41) is 5.94. The number of aryl methyl sites for hydroxylation is 1. The van der Waals surface area contributed by atoms with Gasteiger partial charge in [0.1, 0.15) is 5.01 Å². The van der Waals surface area contributed by atoms with Crippen LogP contribution in [0, 0.1) is 6.92 Å². The summed E-state index contributed by atoms with van der Waals surface area (Å²) in [5.74, 6) is 5.30. The standard InChI is InChI=1S/C12H14ClN5OS/c1-6-5-20-12(16-6)7(2)17-11(19)8-3-9(13)10(18-14)15-4-8/h3-5,7H,14H2,1-2H3,(H,15,18)(H,17,19). The van der Waals surface area contributed by atoms with Crippen LogP contribution in [0.1, 0.15) is 34.0 Å². The average molecular weight is 312 g/mol. The second-order valence-electron chi connectivity index (χ2n) is 4.22. The van der Waals surface area contributed by atoms with Gasteiger partial charge in [-0.1, -0.05) is 11.6 Å². The fourth-order valence-corrected chi connectivity index (χ4v) is 2.61. The SMILES string of the molecule is Cc1csc(C(C)NC(=O)c2cnc(NN)c(Cl)c2)n1. The van der Waals surface area contributed by atoms with Gasteiger partial charge < -0.3 is 10.7 Å². The highest BCUT2D eigenvalue weighted by molar-refractivity contribution is 7.09. The number of pyridine rings is 1. The van der Waals surface area contributed by atoms with Crippen molar-refractivity contribution in [3.05, 3.63) is 38.9 Å². The first kappa shape index (κ1) is 14.7. The second kappa shape index (κ2) is 6.17. The molecule has 0 aromatic carbocycles. The van der Waals surface area contributed by atoms with E-state index in [0.717, 1.165) is 10.7 Å². The van der Waals surface area contributed by atoms with E-state index in [1.165, 1.54) is 23.6 Å². The molecule has 0 aliphatic heterocycles. The van der Waals surface area contributed by atoms with E-state index >= 15 is 0 Å². The van der Waals surface area contributed by atoms with Crippen LogP contribution in [-0.4, -0.2) is 15.9 Å². The van der Waals surface area contributed by atoms with Gasteiger partial charge in [-0.25, -0.2) is 15.8 Å². The summed E-state index contributed by atoms with van der Waals surface area (Å²) in [6.45, 7) is 3.79. The molecule has 6 nitrogen and oxygen atoms in total. The van der Waals surface area contributed by atoms with Gasteiger partial charge in [0.25, 0.3) is 5.91 Å². The van der Waals surface area contributed by atoms with E-state index in [-0.39, 0.29) is 17.0 Å². The summed E-state index contributed by atoms with van der Waals surface area (Å²) in [6, 6.07) is 1.34. The van der Waals surface area contributed by atoms with Gasteiger partial charge in [0, 0.05) is 17.3 Å². The summed E-state index contributed by atoms with van der Waals surface area (Å²) < 4.78 is 0. The van der Waals surface area contributed by atoms with Gasteiger partial charge in [-0.05, 0) is 19.9 Å². The van der Waals surface area contributed by atoms with E-state index < -0.39 is 0 Å². The van der Waals surface area contributed by atoms with E-state index in [1.807, 2.05) is 19.2 Å². The minimum absolute atomic E-state index is 0.174. The Morgan fingerprint density at radius 3 is 2.85 bits per heavy atom. The molecule has 0 aliphatic carbocycles. The first-order valence-electron chi connectivity index (χ1n) is 5.86. The molecule has 2 aromatic heterocycles. The predicted molar refractivity (Wildman–Crippen MR) is 79.8 cm³/mol. The zero-order valence-corrected chi connectivity index (χ0v) is 12.5. The average Bonchev–Trinajstić information content (AvgIpc) is 2.85. The van der Waals surface area contributed by atoms with Crippen LogP contribution < -0.4 is 16.6 Å². The first-order chi connectivity index (χ1) is 9.51. The number of aromatic nitrogens is 2. The molecular formula is C12H14ClN5OS. The van der Waals surface area contributed by atoms with Crippen LogP contribution in [0.15, 0.2) is 17.6 Å². The van der Waals surface area contributed by atoms with E-state index in [2.05, 4.69) is 20.7 Å². The first-order valence-corrected chi connectivity index (χ1v) is 7.12. The predicted octanol–water partition coefficient (Wildman–Crippen LogP) is 2.28. The lowest BCUT2D eigenvalue weighted by Gasteiger charge is -2.11. The number of nitrogens with zero attached hydrogens (tertiary/aromatic N) is 2. The Bertz CT molecular complexity index is 630. The van der Waals surface area contributed by atoms with Crippen molar-refractivity contribution in [1.29, 1.82) is 0 Å². The third-order valence-corrected chi connectivity index (χ3v) is 4.03. The van der Waals surface area contributed by atoms with E-state index in [1.54, 1.807) is 0 Å². The fraction of sp³-hybridized carbons (Fsp3) is 0.250. The number of hydrogen-bond donors (Lipinski definition) is 3. The number of nitrogens with one attached hydrogen (secondary N) is 2. The number of hydrogen-bond acceptors (Lipinski definition) is 6. The highest BCUT2D eigenvalue weighted by Crippen LogP contribution is 2.21. The number of carbonyl (C=O) groups is 1. The Morgan fingerprint density at radius 1 is 1.55 bits per heavy atom. The largest absolute Gasteiger partial charge is 0.343 e. The summed E-state index contributed by atoms with van der Waals surface area (Å²) >= 11 is 7.45. The molecule has 4 N–H and O–H groups in total. The van der Waals surface area contributed by atoms with Crippen molar-refractivity contribution in [3.8, 4) is 0 Å². The molecule has 106 valence electrons. The molecule has 0 bridgehead atoms. The van der Waals surface area contributed by atoms with Crippen LogP contribution in [0.2, 0.25) is 5.02 Å². The number of rotatable bonds is 4. The van der Waals surface area contributed by atoms with Gasteiger partial charge in [0.2, 0.25) is 0 Å². The highest BCUT2D eigenvalue weighted by atomic mass is 35.5. The zero-order chi connectivity index (χ0) is 14.7. The molecular weight excluding hydrogens is 298 g/mol. The van der Waals surface area contributed by atoms with Crippen LogP contribution in [0.5, 0.6) is 0 Å². The van der Waals surface area contributed by atoms with E-state index in [9.17, 15) is 4.79 Å². The second-order valence-corrected chi connectivity index (χ2v) is 5.52. The van der Waals surface area contributed by atoms with Gasteiger partial charge in [0.15, 0.2) is 5.82 Å². The normalized spacial score (nSPS) is 12.0. The Balaban J connectivity index is 2.10. The van der Waals surface area contributed by atoms with Crippen molar-refractivity contribution in [3.63, 3.8) is 0 Å². The zero-order valence-electron chi connectivity index (χ0n) is 11.0. The molecule has 8 heteroatoms. The maximum atomic E-state index is 12.1. The van der Waals surface area contributed by atoms with Gasteiger partial charge in [-0.2, -0.15) is 0 Å². The maximum Gasteiger partial charge on any atom is 0.253 e. The Kier molecular flexibility index (Phi) is 4.53. The van der Waals surface area contributed by atoms with Crippen molar-refractivity contribution >= 4 is 34.7 Å². The third kappa shape index (κ3) is 3.24. The molecule has 1 unspecified atom stereocenters. The Labute approximate surface area is 125 Å². The summed E-state index contributed by atoms with van der Waals surface area (Å²) in [4.78, 5) is 20.4. The lowest BCUT2D eigenvalue weighted by Crippen LogP contribution is -2.26. The third-order valence-electron chi connectivity index (χ3n) is 2.59. The lowest BCUT2D eigenvalue weighted by atomic mass is 10.2. The van der Waals surface area contributed by atoms with Crippen molar-refractivity contribution in [2.45, 2.75) is 19.9 Å². The van der Waals surface area contributed by atoms with Crippen LogP contribution in [0.3, 0.4) is 0 Å². The molecule has 1 amide bonds. The molecule has 0 saturated heterocycles. The van der Waals surface area contributed by atoms with Crippen LogP contribution in [0.25, 0.3) is 0 Å². The lowest BCUT2D eigenvalue weighted by molar-refractivity contribution is 0.0939. The smallest absolute Gasteiger partial charge is 0.253 e. The summed E-state index contributed by atoms with van der Waals surface area (Å²) in [7, 11) is 0. The van der Waals surface area contributed by atoms with Gasteiger partial charge in [-0.3, -0.25) is 4.79 Å². The number of halogens is 1. The quantitative estimate of drug-likeness (QED) is 0.595. The number of amides is 1. The number of carbonyl (C=O) groups excluding carboxylic acids is 1. The molecule has 1 atom stereocenters. The molecule has 20 heavy (non-hydrogen) atoms. The molecule has 2 heterocycles. The van der Waals surface area contributed by atoms with Crippen molar-refractivity contribution in [1.82, 2.24) is 15.3 Å². The molecule has 0 aliphatic rings. The molecule has 2 rings (SSSR count). The molecule has 2 aromatic rings. The van der Waals surface area contributed by atoms with Crippen molar-refractivity contribution in [2.75, 3.05) is 5.43 Å². The van der Waals surface area contributed by atoms with Gasteiger partial charge >= 0.3 is 0 Å². The fourth-order valence-electron chi connectivity index (χ4n) is 1.58. The maximum absolute atomic E-state index is 12.1. The number of thiazole rings is 1. The van der Waals surface area contributed by atoms with Crippen molar-refractivity contribution in [2.24, 2.45) is 5.84 Å². The van der Waals surface area contributed by atoms with E-state index in [0.29, 0.717) is 11.4 Å². The summed E-state index contributed by atoms with van der Waals surface area (Å²) in [6.07, 6.45) is 1.41. The Hall–Kier alpha value is -1.70. The molecule has 0 radical (unpaired) electrons. The van der Waals surface area contributed by atoms with Crippen molar-refractivity contribution < 1.29 is 4.79 Å². The topological polar surface area (TPSA) is 92.9 Å². The minimum atomic E-state index is -0.261. The molecule has 0 fully saturated rings. The highest BCUT2D eigenvalue weighted by Gasteiger charge is 2.15. The van der Waals surface area contributed by atoms with Crippen LogP contribution in [-0.2, 0) is 0 Å². The number of anilines is 1. The van der Waals surface area contributed by atoms with Gasteiger partial charge in [-0.15, -0.1) is 11.3 Å². The number of nitrogen functional groups attached to an aromatic ring is 1. The molecule has 0 spiro atoms. The van der Waals surface area contributed by atoms with E-state index in [4.69, 9.17) is 17.4 Å². The minimum Gasteiger partial charge on any atom is -0.343 e. The summed E-state index contributed by atoms with van der Waals surface area (Å²) in [5.41, 5.74) is 3.66. The van der Waals surface area contributed by atoms with Gasteiger partial charge in [0.05, 0.1) is 16.6 Å². The monoisotopic (exact) mass is 311 g/mol. The number of nitrogens with two attached hydrogens (primary N) is 1.